The van der Waals surface area contributed by atoms with Gasteiger partial charge in [0, 0.05) is 6.42 Å². The number of hydrogen-bond acceptors (Lipinski definition) is 1. The third-order valence-corrected chi connectivity index (χ3v) is 8.49. The largest absolute Gasteiger partial charge is 0.385 e. The van der Waals surface area contributed by atoms with E-state index in [1.54, 1.807) is 11.1 Å². The Kier molecular flexibility index (Phi) is 3.88. The molecular formula is C23H34O. The molecule has 0 aromatic heterocycles. The van der Waals surface area contributed by atoms with Crippen LogP contribution in [0.15, 0.2) is 35.5 Å². The van der Waals surface area contributed by atoms with Crippen molar-refractivity contribution in [1.29, 1.82) is 0 Å². The van der Waals surface area contributed by atoms with Gasteiger partial charge in [-0.3, -0.25) is 0 Å². The molecule has 4 aliphatic carbocycles. The predicted octanol–water partition coefficient (Wildman–Crippen LogP) is 5.81. The Balaban J connectivity index is 1.61. The van der Waals surface area contributed by atoms with Gasteiger partial charge in [0.1, 0.15) is 0 Å². The third kappa shape index (κ3) is 2.23. The average molecular weight is 327 g/mol. The number of aliphatic hydroxyl groups is 1. The standard InChI is InChI=1S/C23H34O/c1-5-17-7-9-21-20-8-6-16-14-23(24,15(2)3)13-11-18(16)19(20)10-12-22(17,21)4/h5-6,18-21,24H,2,7-14H2,1,3-4H3. The molecule has 6 atom stereocenters. The summed E-state index contributed by atoms with van der Waals surface area (Å²) in [7, 11) is 0. The van der Waals surface area contributed by atoms with Crippen molar-refractivity contribution in [1.82, 2.24) is 0 Å². The molecule has 0 radical (unpaired) electrons. The van der Waals surface area contributed by atoms with Gasteiger partial charge in [-0.15, -0.1) is 0 Å². The molecule has 0 saturated heterocycles. The lowest BCUT2D eigenvalue weighted by atomic mass is 9.52. The van der Waals surface area contributed by atoms with Gasteiger partial charge in [0.2, 0.25) is 0 Å². The second kappa shape index (κ2) is 5.59. The fourth-order valence-corrected chi connectivity index (χ4v) is 6.98. The zero-order valence-electron chi connectivity index (χ0n) is 15.8. The van der Waals surface area contributed by atoms with E-state index in [0.29, 0.717) is 5.41 Å². The fraction of sp³-hybridized carbons (Fsp3) is 0.739. The van der Waals surface area contributed by atoms with Crippen LogP contribution in [0.4, 0.5) is 0 Å². The lowest BCUT2D eigenvalue weighted by Gasteiger charge is -2.54. The Bertz CT molecular complexity index is 612. The van der Waals surface area contributed by atoms with Gasteiger partial charge in [0.05, 0.1) is 5.60 Å². The van der Waals surface area contributed by atoms with E-state index in [0.717, 1.165) is 48.5 Å². The number of hydrogen-bond donors (Lipinski definition) is 1. The van der Waals surface area contributed by atoms with Gasteiger partial charge in [-0.2, -0.15) is 0 Å². The summed E-state index contributed by atoms with van der Waals surface area (Å²) in [6, 6.07) is 0. The first-order valence-electron chi connectivity index (χ1n) is 10.1. The monoisotopic (exact) mass is 326 g/mol. The van der Waals surface area contributed by atoms with Crippen LogP contribution in [0, 0.1) is 29.1 Å². The molecular weight excluding hydrogens is 292 g/mol. The maximum Gasteiger partial charge on any atom is 0.0888 e. The SMILES string of the molecule is C=C(C)C1(O)CCC2C(=CCC3C2CCC2(C)C(=CC)CCC32)C1. The molecule has 3 fully saturated rings. The second-order valence-electron chi connectivity index (χ2n) is 9.39. The molecule has 1 N–H and O–H groups in total. The van der Waals surface area contributed by atoms with Crippen LogP contribution in [0.3, 0.4) is 0 Å². The van der Waals surface area contributed by atoms with Crippen molar-refractivity contribution < 1.29 is 5.11 Å². The minimum atomic E-state index is -0.635. The van der Waals surface area contributed by atoms with Crippen LogP contribution < -0.4 is 0 Å². The minimum absolute atomic E-state index is 0.481. The Hall–Kier alpha value is -0.820. The normalized spacial score (nSPS) is 49.2. The van der Waals surface area contributed by atoms with Gasteiger partial charge in [0.15, 0.2) is 0 Å². The van der Waals surface area contributed by atoms with Crippen molar-refractivity contribution in [2.75, 3.05) is 0 Å². The lowest BCUT2D eigenvalue weighted by molar-refractivity contribution is -0.00654. The zero-order chi connectivity index (χ0) is 17.1. The fourth-order valence-electron chi connectivity index (χ4n) is 6.98. The molecule has 3 saturated carbocycles. The summed E-state index contributed by atoms with van der Waals surface area (Å²) in [5.41, 5.74) is 4.09. The van der Waals surface area contributed by atoms with Gasteiger partial charge in [-0.1, -0.05) is 36.8 Å². The van der Waals surface area contributed by atoms with Crippen LogP contribution in [0.2, 0.25) is 0 Å². The summed E-state index contributed by atoms with van der Waals surface area (Å²) in [5.74, 6) is 3.38. The van der Waals surface area contributed by atoms with Crippen LogP contribution in [0.5, 0.6) is 0 Å². The van der Waals surface area contributed by atoms with Crippen molar-refractivity contribution in [3.05, 3.63) is 35.5 Å². The average Bonchev–Trinajstić information content (AvgIpc) is 2.90. The number of fused-ring (bicyclic) bond motifs is 5. The van der Waals surface area contributed by atoms with E-state index in [1.807, 2.05) is 6.92 Å². The highest BCUT2D eigenvalue weighted by Gasteiger charge is 2.54. The van der Waals surface area contributed by atoms with Crippen LogP contribution in [-0.2, 0) is 0 Å². The Morgan fingerprint density at radius 1 is 1.25 bits per heavy atom. The van der Waals surface area contributed by atoms with Crippen LogP contribution in [0.1, 0.15) is 72.1 Å². The van der Waals surface area contributed by atoms with Crippen LogP contribution in [0.25, 0.3) is 0 Å². The van der Waals surface area contributed by atoms with Crippen molar-refractivity contribution >= 4 is 0 Å². The highest BCUT2D eigenvalue weighted by molar-refractivity contribution is 5.29. The third-order valence-electron chi connectivity index (χ3n) is 8.49. The summed E-state index contributed by atoms with van der Waals surface area (Å²) in [4.78, 5) is 0. The molecule has 0 amide bonds. The molecule has 4 rings (SSSR count). The molecule has 0 aromatic carbocycles. The minimum Gasteiger partial charge on any atom is -0.385 e. The molecule has 0 aromatic rings. The van der Waals surface area contributed by atoms with Crippen molar-refractivity contribution in [3.63, 3.8) is 0 Å². The Morgan fingerprint density at radius 3 is 2.75 bits per heavy atom. The first-order valence-corrected chi connectivity index (χ1v) is 10.1. The molecule has 0 heterocycles. The molecule has 24 heavy (non-hydrogen) atoms. The summed E-state index contributed by atoms with van der Waals surface area (Å²) in [5, 5.41) is 10.9. The second-order valence-corrected chi connectivity index (χ2v) is 9.39. The summed E-state index contributed by atoms with van der Waals surface area (Å²) < 4.78 is 0. The zero-order valence-corrected chi connectivity index (χ0v) is 15.8. The lowest BCUT2D eigenvalue weighted by Crippen LogP contribution is -2.47. The van der Waals surface area contributed by atoms with Crippen LogP contribution in [-0.4, -0.2) is 10.7 Å². The maximum atomic E-state index is 10.9. The predicted molar refractivity (Wildman–Crippen MR) is 101 cm³/mol. The van der Waals surface area contributed by atoms with Crippen molar-refractivity contribution in [2.24, 2.45) is 29.1 Å². The highest BCUT2D eigenvalue weighted by Crippen LogP contribution is 2.63. The molecule has 0 spiro atoms. The number of rotatable bonds is 1. The summed E-state index contributed by atoms with van der Waals surface area (Å²) in [6.07, 6.45) is 14.6. The Labute approximate surface area is 147 Å². The van der Waals surface area contributed by atoms with Gasteiger partial charge in [0.25, 0.3) is 0 Å². The highest BCUT2D eigenvalue weighted by atomic mass is 16.3. The van der Waals surface area contributed by atoms with E-state index in [1.165, 1.54) is 32.1 Å². The quantitative estimate of drug-likeness (QED) is 0.603. The molecule has 1 heteroatoms. The van der Waals surface area contributed by atoms with Crippen molar-refractivity contribution in [2.45, 2.75) is 77.7 Å². The van der Waals surface area contributed by atoms with Gasteiger partial charge >= 0.3 is 0 Å². The van der Waals surface area contributed by atoms with E-state index < -0.39 is 5.60 Å². The van der Waals surface area contributed by atoms with E-state index in [4.69, 9.17) is 0 Å². The first kappa shape index (κ1) is 16.6. The van der Waals surface area contributed by atoms with Gasteiger partial charge in [-0.05, 0) is 93.5 Å². The van der Waals surface area contributed by atoms with Crippen molar-refractivity contribution in [3.8, 4) is 0 Å². The number of allylic oxidation sites excluding steroid dienone is 3. The summed E-state index contributed by atoms with van der Waals surface area (Å²) in [6.45, 7) is 10.8. The Morgan fingerprint density at radius 2 is 2.04 bits per heavy atom. The molecule has 0 aliphatic heterocycles. The topological polar surface area (TPSA) is 20.2 Å². The first-order chi connectivity index (χ1) is 11.4. The van der Waals surface area contributed by atoms with E-state index in [-0.39, 0.29) is 0 Å². The van der Waals surface area contributed by atoms with E-state index >= 15 is 0 Å². The van der Waals surface area contributed by atoms with Crippen LogP contribution >= 0.6 is 0 Å². The molecule has 0 bridgehead atoms. The van der Waals surface area contributed by atoms with Gasteiger partial charge in [-0.25, -0.2) is 0 Å². The molecule has 6 unspecified atom stereocenters. The summed E-state index contributed by atoms with van der Waals surface area (Å²) >= 11 is 0. The molecule has 1 nitrogen and oxygen atoms in total. The molecule has 132 valence electrons. The smallest absolute Gasteiger partial charge is 0.0888 e. The van der Waals surface area contributed by atoms with Gasteiger partial charge < -0.3 is 5.11 Å². The van der Waals surface area contributed by atoms with E-state index in [9.17, 15) is 5.11 Å². The maximum absolute atomic E-state index is 10.9. The molecule has 4 aliphatic rings. The van der Waals surface area contributed by atoms with E-state index in [2.05, 4.69) is 32.6 Å².